The van der Waals surface area contributed by atoms with Crippen LogP contribution in [0.15, 0.2) is 41.2 Å². The first-order valence-corrected chi connectivity index (χ1v) is 7.69. The van der Waals surface area contributed by atoms with Gasteiger partial charge in [0.2, 0.25) is 0 Å². The average Bonchev–Trinajstić information content (AvgIpc) is 2.56. The van der Waals surface area contributed by atoms with E-state index in [2.05, 4.69) is 17.1 Å². The van der Waals surface area contributed by atoms with Crippen molar-refractivity contribution in [2.24, 2.45) is 0 Å². The highest BCUT2D eigenvalue weighted by Gasteiger charge is 2.17. The molecule has 6 heteroatoms. The van der Waals surface area contributed by atoms with Crippen LogP contribution >= 0.6 is 0 Å². The molecule has 0 aliphatic heterocycles. The highest BCUT2D eigenvalue weighted by Crippen LogP contribution is 2.11. The lowest BCUT2D eigenvalue weighted by Crippen LogP contribution is -2.32. The van der Waals surface area contributed by atoms with Crippen molar-refractivity contribution in [2.45, 2.75) is 32.7 Å². The fourth-order valence-corrected chi connectivity index (χ4v) is 2.24. The Labute approximate surface area is 134 Å². The summed E-state index contributed by atoms with van der Waals surface area (Å²) in [5.74, 6) is -0.554. The van der Waals surface area contributed by atoms with Crippen LogP contribution in [0, 0.1) is 5.82 Å². The van der Waals surface area contributed by atoms with Gasteiger partial charge in [0.1, 0.15) is 11.5 Å². The summed E-state index contributed by atoms with van der Waals surface area (Å²) in [5, 5.41) is 6.07. The van der Waals surface area contributed by atoms with E-state index >= 15 is 0 Å². The molecule has 2 rings (SSSR count). The number of halogens is 1. The third-order valence-electron chi connectivity index (χ3n) is 3.50. The highest BCUT2D eigenvalue weighted by atomic mass is 19.1. The van der Waals surface area contributed by atoms with E-state index in [4.69, 9.17) is 0 Å². The summed E-state index contributed by atoms with van der Waals surface area (Å²) in [4.78, 5) is 25.3. The van der Waals surface area contributed by atoms with Gasteiger partial charge in [-0.05, 0) is 30.2 Å². The second-order valence-corrected chi connectivity index (χ2v) is 5.37. The molecule has 0 atom stereocenters. The average molecular weight is 317 g/mol. The number of hydrogen-bond acceptors (Lipinski definition) is 3. The fourth-order valence-electron chi connectivity index (χ4n) is 2.24. The molecule has 1 N–H and O–H groups in total. The largest absolute Gasteiger partial charge is 0.333 e. The second-order valence-electron chi connectivity index (χ2n) is 5.37. The molecule has 0 radical (unpaired) electrons. The molecule has 0 bridgehead atoms. The molecule has 5 nitrogen and oxygen atoms in total. The molecule has 0 fully saturated rings. The van der Waals surface area contributed by atoms with Gasteiger partial charge < -0.3 is 4.90 Å². The first-order chi connectivity index (χ1) is 11.1. The predicted octanol–water partition coefficient (Wildman–Crippen LogP) is 2.74. The fraction of sp³-hybridized carbons (Fsp3) is 0.353. The zero-order chi connectivity index (χ0) is 16.7. The molecule has 0 saturated heterocycles. The summed E-state index contributed by atoms with van der Waals surface area (Å²) in [6.07, 6.45) is 2.95. The van der Waals surface area contributed by atoms with E-state index in [1.165, 1.54) is 24.3 Å². The number of carbonyl (C=O) groups is 1. The molecule has 1 aromatic carbocycles. The van der Waals surface area contributed by atoms with Gasteiger partial charge in [-0.25, -0.2) is 9.49 Å². The van der Waals surface area contributed by atoms with E-state index in [-0.39, 0.29) is 23.0 Å². The van der Waals surface area contributed by atoms with Gasteiger partial charge in [0.15, 0.2) is 0 Å². The number of unbranched alkanes of at least 4 members (excludes halogenated alkanes) is 2. The Hall–Kier alpha value is -2.50. The van der Waals surface area contributed by atoms with Crippen molar-refractivity contribution in [1.29, 1.82) is 0 Å². The zero-order valence-corrected chi connectivity index (χ0v) is 13.1. The van der Waals surface area contributed by atoms with Gasteiger partial charge in [0.05, 0.1) is 0 Å². The predicted molar refractivity (Wildman–Crippen MR) is 85.5 cm³/mol. The molecular weight excluding hydrogens is 297 g/mol. The molecule has 1 aromatic heterocycles. The lowest BCUT2D eigenvalue weighted by Gasteiger charge is -2.22. The lowest BCUT2D eigenvalue weighted by molar-refractivity contribution is 0.0732. The van der Waals surface area contributed by atoms with Gasteiger partial charge in [-0.1, -0.05) is 31.9 Å². The molecule has 2 aromatic rings. The highest BCUT2D eigenvalue weighted by molar-refractivity contribution is 5.92. The standard InChI is InChI=1S/C17H20FN3O2/c1-2-3-4-11-21(12-13-5-7-14(18)8-6-13)17(23)15-9-10-16(22)20-19-15/h5-10H,2-4,11-12H2,1H3,(H,20,22). The van der Waals surface area contributed by atoms with Crippen molar-refractivity contribution in [2.75, 3.05) is 6.54 Å². The minimum atomic E-state index is -0.349. The van der Waals surface area contributed by atoms with E-state index in [9.17, 15) is 14.0 Å². The quantitative estimate of drug-likeness (QED) is 0.799. The molecule has 0 aliphatic carbocycles. The van der Waals surface area contributed by atoms with E-state index in [0.717, 1.165) is 24.8 Å². The maximum absolute atomic E-state index is 13.0. The summed E-state index contributed by atoms with van der Waals surface area (Å²) in [6, 6.07) is 8.77. The smallest absolute Gasteiger partial charge is 0.274 e. The topological polar surface area (TPSA) is 66.1 Å². The summed E-state index contributed by atoms with van der Waals surface area (Å²) in [5.41, 5.74) is 0.696. The van der Waals surface area contributed by atoms with Crippen LogP contribution in [0.1, 0.15) is 42.2 Å². The van der Waals surface area contributed by atoms with Crippen molar-refractivity contribution in [3.63, 3.8) is 0 Å². The van der Waals surface area contributed by atoms with E-state index in [1.807, 2.05) is 0 Å². The second kappa shape index (κ2) is 8.22. The van der Waals surface area contributed by atoms with E-state index < -0.39 is 0 Å². The number of aromatic amines is 1. The minimum Gasteiger partial charge on any atom is -0.333 e. The first-order valence-electron chi connectivity index (χ1n) is 7.69. The molecule has 122 valence electrons. The third-order valence-corrected chi connectivity index (χ3v) is 3.50. The van der Waals surface area contributed by atoms with Gasteiger partial charge in [-0.15, -0.1) is 0 Å². The molecule has 0 unspecified atom stereocenters. The normalized spacial score (nSPS) is 10.5. The Bertz CT molecular complexity index is 677. The van der Waals surface area contributed by atoms with Crippen LogP contribution in [0.5, 0.6) is 0 Å². The minimum absolute atomic E-state index is 0.197. The first kappa shape index (κ1) is 16.9. The van der Waals surface area contributed by atoms with Crippen molar-refractivity contribution in [1.82, 2.24) is 15.1 Å². The van der Waals surface area contributed by atoms with Gasteiger partial charge >= 0.3 is 0 Å². The number of H-pyrrole nitrogens is 1. The molecule has 0 aliphatic rings. The Kier molecular flexibility index (Phi) is 6.02. The molecular formula is C17H20FN3O2. The maximum atomic E-state index is 13.0. The molecule has 23 heavy (non-hydrogen) atoms. The Balaban J connectivity index is 2.14. The van der Waals surface area contributed by atoms with Crippen molar-refractivity contribution in [3.8, 4) is 0 Å². The van der Waals surface area contributed by atoms with Crippen LogP contribution in [0.4, 0.5) is 4.39 Å². The van der Waals surface area contributed by atoms with Crippen LogP contribution in [0.25, 0.3) is 0 Å². The Morgan fingerprint density at radius 1 is 1.17 bits per heavy atom. The van der Waals surface area contributed by atoms with Gasteiger partial charge in [-0.3, -0.25) is 9.59 Å². The number of aromatic nitrogens is 2. The summed E-state index contributed by atoms with van der Waals surface area (Å²) >= 11 is 0. The monoisotopic (exact) mass is 317 g/mol. The van der Waals surface area contributed by atoms with Crippen LogP contribution in [0.3, 0.4) is 0 Å². The number of nitrogens with zero attached hydrogens (tertiary/aromatic N) is 2. The summed E-state index contributed by atoms with van der Waals surface area (Å²) in [6.45, 7) is 3.06. The van der Waals surface area contributed by atoms with E-state index in [1.54, 1.807) is 17.0 Å². The number of nitrogens with one attached hydrogen (secondary N) is 1. The molecule has 1 amide bonds. The van der Waals surface area contributed by atoms with Crippen molar-refractivity contribution < 1.29 is 9.18 Å². The third kappa shape index (κ3) is 5.02. The number of hydrogen-bond donors (Lipinski definition) is 1. The number of benzene rings is 1. The van der Waals surface area contributed by atoms with Crippen molar-refractivity contribution in [3.05, 3.63) is 63.8 Å². The lowest BCUT2D eigenvalue weighted by atomic mass is 10.1. The number of carbonyl (C=O) groups excluding carboxylic acids is 1. The maximum Gasteiger partial charge on any atom is 0.274 e. The van der Waals surface area contributed by atoms with Crippen molar-refractivity contribution >= 4 is 5.91 Å². The summed E-state index contributed by atoms with van der Waals surface area (Å²) in [7, 11) is 0. The molecule has 0 spiro atoms. The zero-order valence-electron chi connectivity index (χ0n) is 13.1. The van der Waals surface area contributed by atoms with Crippen LogP contribution in [0.2, 0.25) is 0 Å². The van der Waals surface area contributed by atoms with Gasteiger partial charge in [-0.2, -0.15) is 5.10 Å². The van der Waals surface area contributed by atoms with Gasteiger partial charge in [0.25, 0.3) is 11.5 Å². The Morgan fingerprint density at radius 3 is 2.52 bits per heavy atom. The Morgan fingerprint density at radius 2 is 1.91 bits per heavy atom. The van der Waals surface area contributed by atoms with Gasteiger partial charge in [0, 0.05) is 19.2 Å². The molecule has 0 saturated carbocycles. The van der Waals surface area contributed by atoms with Crippen LogP contribution < -0.4 is 5.56 Å². The van der Waals surface area contributed by atoms with Crippen LogP contribution in [-0.4, -0.2) is 27.5 Å². The summed E-state index contributed by atoms with van der Waals surface area (Å²) < 4.78 is 13.0. The van der Waals surface area contributed by atoms with Crippen LogP contribution in [-0.2, 0) is 6.54 Å². The molecule has 1 heterocycles. The number of rotatable bonds is 7. The number of amides is 1. The SMILES string of the molecule is CCCCCN(Cc1ccc(F)cc1)C(=O)c1ccc(=O)[nH]n1. The van der Waals surface area contributed by atoms with E-state index in [0.29, 0.717) is 13.1 Å².